The Morgan fingerprint density at radius 2 is 2.08 bits per heavy atom. The minimum atomic E-state index is -0.181. The SMILES string of the molecule is COc1cn(CC(=O)N2CCO[C@@H](c3ccccc3)C2)c(C)cc1=O. The predicted octanol–water partition coefficient (Wildman–Crippen LogP) is 1.77. The Morgan fingerprint density at radius 1 is 1.32 bits per heavy atom. The van der Waals surface area contributed by atoms with E-state index in [1.54, 1.807) is 17.7 Å². The number of carbonyl (C=O) groups excluding carboxylic acids is 1. The van der Waals surface area contributed by atoms with E-state index in [-0.39, 0.29) is 29.7 Å². The smallest absolute Gasteiger partial charge is 0.242 e. The number of nitrogens with zero attached hydrogens (tertiary/aromatic N) is 2. The van der Waals surface area contributed by atoms with Crippen LogP contribution in [-0.2, 0) is 16.1 Å². The lowest BCUT2D eigenvalue weighted by atomic mass is 10.1. The first-order valence-electron chi connectivity index (χ1n) is 8.28. The number of amides is 1. The Kier molecular flexibility index (Phi) is 5.19. The van der Waals surface area contributed by atoms with E-state index in [2.05, 4.69) is 0 Å². The molecule has 1 fully saturated rings. The number of carbonyl (C=O) groups is 1. The molecule has 0 bridgehead atoms. The molecule has 1 atom stereocenters. The summed E-state index contributed by atoms with van der Waals surface area (Å²) in [6.45, 7) is 3.58. The van der Waals surface area contributed by atoms with Crippen LogP contribution in [0.4, 0.5) is 0 Å². The van der Waals surface area contributed by atoms with Gasteiger partial charge >= 0.3 is 0 Å². The van der Waals surface area contributed by atoms with Crippen LogP contribution in [0.1, 0.15) is 17.4 Å². The lowest BCUT2D eigenvalue weighted by molar-refractivity contribution is -0.139. The summed E-state index contributed by atoms with van der Waals surface area (Å²) in [7, 11) is 1.45. The molecule has 25 heavy (non-hydrogen) atoms. The second-order valence-corrected chi connectivity index (χ2v) is 6.09. The van der Waals surface area contributed by atoms with Crippen LogP contribution in [-0.4, -0.2) is 42.2 Å². The highest BCUT2D eigenvalue weighted by molar-refractivity contribution is 5.76. The highest BCUT2D eigenvalue weighted by Gasteiger charge is 2.25. The third kappa shape index (κ3) is 3.91. The molecule has 3 rings (SSSR count). The molecular weight excluding hydrogens is 320 g/mol. The molecule has 1 aromatic carbocycles. The van der Waals surface area contributed by atoms with E-state index in [1.807, 2.05) is 35.2 Å². The molecule has 6 nitrogen and oxygen atoms in total. The van der Waals surface area contributed by atoms with Gasteiger partial charge in [-0.2, -0.15) is 0 Å². The van der Waals surface area contributed by atoms with Gasteiger partial charge in [0.15, 0.2) is 5.75 Å². The summed E-state index contributed by atoms with van der Waals surface area (Å²) < 4.78 is 12.6. The predicted molar refractivity (Wildman–Crippen MR) is 93.7 cm³/mol. The van der Waals surface area contributed by atoms with Crippen molar-refractivity contribution < 1.29 is 14.3 Å². The zero-order valence-electron chi connectivity index (χ0n) is 14.5. The van der Waals surface area contributed by atoms with E-state index in [4.69, 9.17) is 9.47 Å². The minimum Gasteiger partial charge on any atom is -0.491 e. The summed E-state index contributed by atoms with van der Waals surface area (Å²) in [5.41, 5.74) is 1.62. The summed E-state index contributed by atoms with van der Waals surface area (Å²) in [5.74, 6) is 0.237. The molecule has 0 spiro atoms. The zero-order valence-corrected chi connectivity index (χ0v) is 14.5. The van der Waals surface area contributed by atoms with Crippen LogP contribution in [0.15, 0.2) is 47.4 Å². The van der Waals surface area contributed by atoms with Crippen LogP contribution in [0.3, 0.4) is 0 Å². The molecule has 0 radical (unpaired) electrons. The van der Waals surface area contributed by atoms with E-state index >= 15 is 0 Å². The standard InChI is InChI=1S/C19H22N2O4/c1-14-10-16(22)18(24-2)12-21(14)13-19(23)20-8-9-25-17(11-20)15-6-4-3-5-7-15/h3-7,10,12,17H,8-9,11,13H2,1-2H3/t17-/m1/s1. The van der Waals surface area contributed by atoms with Crippen LogP contribution < -0.4 is 10.2 Å². The first-order valence-corrected chi connectivity index (χ1v) is 8.28. The molecule has 1 amide bonds. The molecule has 2 heterocycles. The quantitative estimate of drug-likeness (QED) is 0.850. The van der Waals surface area contributed by atoms with Crippen molar-refractivity contribution >= 4 is 5.91 Å². The van der Waals surface area contributed by atoms with E-state index in [0.717, 1.165) is 11.3 Å². The number of pyridine rings is 1. The molecular formula is C19H22N2O4. The fourth-order valence-electron chi connectivity index (χ4n) is 2.97. The Bertz CT molecular complexity index is 801. The topological polar surface area (TPSA) is 60.8 Å². The van der Waals surface area contributed by atoms with Crippen molar-refractivity contribution in [1.82, 2.24) is 9.47 Å². The second-order valence-electron chi connectivity index (χ2n) is 6.09. The van der Waals surface area contributed by atoms with Crippen molar-refractivity contribution in [2.75, 3.05) is 26.8 Å². The van der Waals surface area contributed by atoms with Crippen LogP contribution >= 0.6 is 0 Å². The van der Waals surface area contributed by atoms with Crippen LogP contribution in [0.5, 0.6) is 5.75 Å². The summed E-state index contributed by atoms with van der Waals surface area (Å²) in [6.07, 6.45) is 1.48. The fraction of sp³-hybridized carbons (Fsp3) is 0.368. The molecule has 1 aromatic heterocycles. The maximum absolute atomic E-state index is 12.7. The van der Waals surface area contributed by atoms with Gasteiger partial charge in [0.1, 0.15) is 12.6 Å². The molecule has 0 N–H and O–H groups in total. The molecule has 0 aliphatic carbocycles. The first kappa shape index (κ1) is 17.2. The van der Waals surface area contributed by atoms with E-state index in [0.29, 0.717) is 19.7 Å². The molecule has 0 saturated carbocycles. The Labute approximate surface area is 146 Å². The molecule has 132 valence electrons. The third-order valence-electron chi connectivity index (χ3n) is 4.42. The Balaban J connectivity index is 1.72. The van der Waals surface area contributed by atoms with Crippen molar-refractivity contribution in [3.05, 3.63) is 64.1 Å². The molecule has 1 aliphatic heterocycles. The van der Waals surface area contributed by atoms with Gasteiger partial charge in [-0.05, 0) is 12.5 Å². The maximum Gasteiger partial charge on any atom is 0.242 e. The van der Waals surface area contributed by atoms with Crippen LogP contribution in [0.25, 0.3) is 0 Å². The van der Waals surface area contributed by atoms with Crippen molar-refractivity contribution in [2.24, 2.45) is 0 Å². The summed E-state index contributed by atoms with van der Waals surface area (Å²) in [4.78, 5) is 26.3. The molecule has 6 heteroatoms. The second kappa shape index (κ2) is 7.53. The van der Waals surface area contributed by atoms with E-state index in [9.17, 15) is 9.59 Å². The van der Waals surface area contributed by atoms with Gasteiger partial charge in [-0.25, -0.2) is 0 Å². The normalized spacial score (nSPS) is 17.4. The monoisotopic (exact) mass is 342 g/mol. The third-order valence-corrected chi connectivity index (χ3v) is 4.42. The largest absolute Gasteiger partial charge is 0.491 e. The van der Waals surface area contributed by atoms with Gasteiger partial charge in [-0.3, -0.25) is 9.59 Å². The highest BCUT2D eigenvalue weighted by Crippen LogP contribution is 2.22. The number of hydrogen-bond donors (Lipinski definition) is 0. The van der Waals surface area contributed by atoms with Crippen LogP contribution in [0.2, 0.25) is 0 Å². The van der Waals surface area contributed by atoms with Gasteiger partial charge in [0, 0.05) is 18.3 Å². The highest BCUT2D eigenvalue weighted by atomic mass is 16.5. The van der Waals surface area contributed by atoms with E-state index in [1.165, 1.54) is 13.2 Å². The number of aryl methyl sites for hydroxylation is 1. The zero-order chi connectivity index (χ0) is 17.8. The van der Waals surface area contributed by atoms with E-state index < -0.39 is 0 Å². The first-order chi connectivity index (χ1) is 12.1. The van der Waals surface area contributed by atoms with Crippen LogP contribution in [0, 0.1) is 6.92 Å². The van der Waals surface area contributed by atoms with Crippen molar-refractivity contribution in [1.29, 1.82) is 0 Å². The van der Waals surface area contributed by atoms with Crippen molar-refractivity contribution in [3.8, 4) is 5.75 Å². The number of benzene rings is 1. The van der Waals surface area contributed by atoms with Gasteiger partial charge in [-0.1, -0.05) is 30.3 Å². The number of methoxy groups -OCH3 is 1. The summed E-state index contributed by atoms with van der Waals surface area (Å²) in [6, 6.07) is 11.4. The van der Waals surface area contributed by atoms with Gasteiger partial charge in [0.25, 0.3) is 0 Å². The molecule has 1 aliphatic rings. The number of hydrogen-bond acceptors (Lipinski definition) is 4. The van der Waals surface area contributed by atoms with Gasteiger partial charge in [0.05, 0.1) is 26.5 Å². The molecule has 2 aromatic rings. The van der Waals surface area contributed by atoms with Crippen molar-refractivity contribution in [3.63, 3.8) is 0 Å². The number of rotatable bonds is 4. The number of morpholine rings is 1. The van der Waals surface area contributed by atoms with Gasteiger partial charge in [-0.15, -0.1) is 0 Å². The Morgan fingerprint density at radius 3 is 2.80 bits per heavy atom. The number of aromatic nitrogens is 1. The average molecular weight is 342 g/mol. The van der Waals surface area contributed by atoms with Crippen molar-refractivity contribution in [2.45, 2.75) is 19.6 Å². The molecule has 1 saturated heterocycles. The summed E-state index contributed by atoms with van der Waals surface area (Å²) in [5, 5.41) is 0. The minimum absolute atomic E-state index is 0.00182. The van der Waals surface area contributed by atoms with Gasteiger partial charge in [0.2, 0.25) is 11.3 Å². The number of ether oxygens (including phenoxy) is 2. The lowest BCUT2D eigenvalue weighted by Crippen LogP contribution is -2.43. The lowest BCUT2D eigenvalue weighted by Gasteiger charge is -2.33. The maximum atomic E-state index is 12.7. The fourth-order valence-corrected chi connectivity index (χ4v) is 2.97. The molecule has 0 unspecified atom stereocenters. The Hall–Kier alpha value is -2.60. The average Bonchev–Trinajstić information content (AvgIpc) is 2.64. The van der Waals surface area contributed by atoms with Gasteiger partial charge < -0.3 is 18.9 Å². The summed E-state index contributed by atoms with van der Waals surface area (Å²) >= 11 is 0.